The lowest BCUT2D eigenvalue weighted by Gasteiger charge is -2.30. The second-order valence-corrected chi connectivity index (χ2v) is 9.50. The van der Waals surface area contributed by atoms with Crippen LogP contribution in [0.15, 0.2) is 47.7 Å². The van der Waals surface area contributed by atoms with Crippen molar-refractivity contribution in [3.8, 4) is 11.1 Å². The number of carbonyl (C=O) groups excluding carboxylic acids is 3. The summed E-state index contributed by atoms with van der Waals surface area (Å²) < 4.78 is 1.72. The third-order valence-corrected chi connectivity index (χ3v) is 6.63. The summed E-state index contributed by atoms with van der Waals surface area (Å²) in [6, 6.07) is 9.82. The summed E-state index contributed by atoms with van der Waals surface area (Å²) in [7, 11) is 0. The van der Waals surface area contributed by atoms with Crippen molar-refractivity contribution >= 4 is 34.6 Å². The largest absolute Gasteiger partial charge is 0.379 e. The van der Waals surface area contributed by atoms with Gasteiger partial charge in [-0.1, -0.05) is 38.1 Å². The third kappa shape index (κ3) is 4.94. The number of hydrogen-bond acceptors (Lipinski definition) is 5. The van der Waals surface area contributed by atoms with Crippen molar-refractivity contribution in [1.82, 2.24) is 14.9 Å². The standard InChI is InChI=1S/C26H30N6O3/c1-15(33)28-12-17-5-7-18(8-6-17)19-11-21-24(20(25(27)35)13-29-32(21)14-19)31-23-10-9-22(26(23,3)4)30-16(2)34/h5-8,11,13-14,23,31H,9-10,12H2,1-4H3,(H2,27,35)(H,28,33)/b30-22+/t23-/m1/s1. The molecule has 1 aliphatic rings. The molecule has 1 saturated carbocycles. The zero-order valence-corrected chi connectivity index (χ0v) is 20.4. The molecule has 4 N–H and O–H groups in total. The molecule has 35 heavy (non-hydrogen) atoms. The average Bonchev–Trinajstić information content (AvgIpc) is 3.34. The van der Waals surface area contributed by atoms with Gasteiger partial charge in [-0.05, 0) is 30.0 Å². The van der Waals surface area contributed by atoms with Crippen LogP contribution in [-0.2, 0) is 16.1 Å². The lowest BCUT2D eigenvalue weighted by Crippen LogP contribution is -2.36. The van der Waals surface area contributed by atoms with Gasteiger partial charge in [-0.2, -0.15) is 5.10 Å². The summed E-state index contributed by atoms with van der Waals surface area (Å²) in [5.74, 6) is -0.854. The number of carbonyl (C=O) groups is 3. The maximum Gasteiger partial charge on any atom is 0.252 e. The van der Waals surface area contributed by atoms with Crippen LogP contribution in [0.1, 0.15) is 56.5 Å². The van der Waals surface area contributed by atoms with Crippen molar-refractivity contribution in [2.45, 2.75) is 53.1 Å². The number of aliphatic imine (C=N–C) groups is 1. The summed E-state index contributed by atoms with van der Waals surface area (Å²) in [6.07, 6.45) is 4.85. The molecule has 2 heterocycles. The molecule has 4 rings (SSSR count). The molecule has 0 unspecified atom stereocenters. The highest BCUT2D eigenvalue weighted by Gasteiger charge is 2.41. The fraction of sp³-hybridized carbons (Fsp3) is 0.346. The number of nitrogens with one attached hydrogen (secondary N) is 2. The molecule has 1 aliphatic carbocycles. The average molecular weight is 475 g/mol. The Bertz CT molecular complexity index is 1340. The Hall–Kier alpha value is -4.01. The van der Waals surface area contributed by atoms with Gasteiger partial charge in [0.2, 0.25) is 11.8 Å². The lowest BCUT2D eigenvalue weighted by molar-refractivity contribution is -0.119. The predicted octanol–water partition coefficient (Wildman–Crippen LogP) is 3.32. The first-order chi connectivity index (χ1) is 16.6. The van der Waals surface area contributed by atoms with Gasteiger partial charge in [-0.25, -0.2) is 9.51 Å². The van der Waals surface area contributed by atoms with E-state index in [1.807, 2.05) is 50.4 Å². The number of nitrogens with two attached hydrogens (primary N) is 1. The molecule has 0 radical (unpaired) electrons. The van der Waals surface area contributed by atoms with Crippen LogP contribution in [0, 0.1) is 5.41 Å². The molecule has 0 aliphatic heterocycles. The highest BCUT2D eigenvalue weighted by molar-refractivity contribution is 6.04. The minimum Gasteiger partial charge on any atom is -0.379 e. The number of benzene rings is 1. The number of aromatic nitrogens is 2. The summed E-state index contributed by atoms with van der Waals surface area (Å²) in [6.45, 7) is 7.51. The highest BCUT2D eigenvalue weighted by Crippen LogP contribution is 2.39. The Labute approximate surface area is 203 Å². The van der Waals surface area contributed by atoms with Crippen LogP contribution in [0.3, 0.4) is 0 Å². The molecular weight excluding hydrogens is 444 g/mol. The van der Waals surface area contributed by atoms with Gasteiger partial charge in [-0.15, -0.1) is 0 Å². The molecule has 3 amide bonds. The first-order valence-electron chi connectivity index (χ1n) is 11.6. The normalized spacial score (nSPS) is 18.1. The van der Waals surface area contributed by atoms with E-state index >= 15 is 0 Å². The molecule has 3 aromatic rings. The van der Waals surface area contributed by atoms with Crippen LogP contribution in [0.4, 0.5) is 5.69 Å². The smallest absolute Gasteiger partial charge is 0.252 e. The van der Waals surface area contributed by atoms with Crippen molar-refractivity contribution in [2.24, 2.45) is 16.1 Å². The lowest BCUT2D eigenvalue weighted by atomic mass is 9.85. The van der Waals surface area contributed by atoms with Gasteiger partial charge in [-0.3, -0.25) is 14.4 Å². The van der Waals surface area contributed by atoms with Gasteiger partial charge in [0.25, 0.3) is 5.91 Å². The third-order valence-electron chi connectivity index (χ3n) is 6.63. The fourth-order valence-corrected chi connectivity index (χ4v) is 4.58. The van der Waals surface area contributed by atoms with E-state index in [2.05, 4.69) is 20.7 Å². The molecule has 0 spiro atoms. The first kappa shape index (κ1) is 24.1. The highest BCUT2D eigenvalue weighted by atomic mass is 16.2. The van der Waals surface area contributed by atoms with Crippen LogP contribution in [0.5, 0.6) is 0 Å². The predicted molar refractivity (Wildman–Crippen MR) is 135 cm³/mol. The van der Waals surface area contributed by atoms with Crippen molar-refractivity contribution in [3.63, 3.8) is 0 Å². The molecule has 182 valence electrons. The summed E-state index contributed by atoms with van der Waals surface area (Å²) in [4.78, 5) is 39.2. The molecule has 1 atom stereocenters. The van der Waals surface area contributed by atoms with E-state index in [0.29, 0.717) is 24.2 Å². The molecule has 1 aromatic carbocycles. The monoisotopic (exact) mass is 474 g/mol. The topological polar surface area (TPSA) is 131 Å². The van der Waals surface area contributed by atoms with Gasteiger partial charge in [0.15, 0.2) is 0 Å². The molecule has 0 saturated heterocycles. The number of anilines is 1. The number of rotatable bonds is 6. The number of amides is 3. The molecule has 9 nitrogen and oxygen atoms in total. The van der Waals surface area contributed by atoms with Crippen molar-refractivity contribution in [3.05, 3.63) is 53.9 Å². The van der Waals surface area contributed by atoms with Gasteiger partial charge in [0.05, 0.1) is 23.0 Å². The number of fused-ring (bicyclic) bond motifs is 1. The molecular formula is C26H30N6O3. The second kappa shape index (κ2) is 9.32. The van der Waals surface area contributed by atoms with E-state index in [0.717, 1.165) is 34.3 Å². The Morgan fingerprint density at radius 2 is 1.89 bits per heavy atom. The zero-order valence-electron chi connectivity index (χ0n) is 20.4. The quantitative estimate of drug-likeness (QED) is 0.504. The van der Waals surface area contributed by atoms with Gasteiger partial charge in [0.1, 0.15) is 0 Å². The van der Waals surface area contributed by atoms with Crippen molar-refractivity contribution < 1.29 is 14.4 Å². The van der Waals surface area contributed by atoms with Gasteiger partial charge < -0.3 is 16.4 Å². The maximum atomic E-state index is 12.3. The van der Waals surface area contributed by atoms with E-state index < -0.39 is 5.91 Å². The Balaban J connectivity index is 1.70. The number of nitrogens with zero attached hydrogens (tertiary/aromatic N) is 3. The fourth-order valence-electron chi connectivity index (χ4n) is 4.58. The molecule has 2 aromatic heterocycles. The van der Waals surface area contributed by atoms with Crippen LogP contribution >= 0.6 is 0 Å². The van der Waals surface area contributed by atoms with Gasteiger partial charge >= 0.3 is 0 Å². The van der Waals surface area contributed by atoms with Crippen molar-refractivity contribution in [2.75, 3.05) is 5.32 Å². The maximum absolute atomic E-state index is 12.3. The Kier molecular flexibility index (Phi) is 6.43. The summed E-state index contributed by atoms with van der Waals surface area (Å²) in [5, 5.41) is 10.7. The number of primary amides is 1. The van der Waals surface area contributed by atoms with Crippen LogP contribution in [-0.4, -0.2) is 39.1 Å². The van der Waals surface area contributed by atoms with E-state index in [4.69, 9.17) is 5.73 Å². The van der Waals surface area contributed by atoms with Crippen LogP contribution in [0.25, 0.3) is 16.6 Å². The second-order valence-electron chi connectivity index (χ2n) is 9.50. The van der Waals surface area contributed by atoms with Crippen LogP contribution < -0.4 is 16.4 Å². The zero-order chi connectivity index (χ0) is 25.3. The first-order valence-corrected chi connectivity index (χ1v) is 11.6. The summed E-state index contributed by atoms with van der Waals surface area (Å²) in [5.41, 5.74) is 10.7. The van der Waals surface area contributed by atoms with Gasteiger partial charge in [0, 0.05) is 49.3 Å². The Morgan fingerprint density at radius 3 is 2.51 bits per heavy atom. The van der Waals surface area contributed by atoms with E-state index in [1.165, 1.54) is 20.0 Å². The SMILES string of the molecule is CC(=O)/N=C1\CC[C@@H](Nc2c(C(N)=O)cnn3cc(-c4ccc(CNC(C)=O)cc4)cc23)C1(C)C. The number of hydrogen-bond donors (Lipinski definition) is 3. The molecule has 0 bridgehead atoms. The molecule has 9 heteroatoms. The Morgan fingerprint density at radius 1 is 1.17 bits per heavy atom. The van der Waals surface area contributed by atoms with Crippen LogP contribution in [0.2, 0.25) is 0 Å². The summed E-state index contributed by atoms with van der Waals surface area (Å²) >= 11 is 0. The minimum atomic E-state index is -0.569. The van der Waals surface area contributed by atoms with Crippen molar-refractivity contribution in [1.29, 1.82) is 0 Å². The minimum absolute atomic E-state index is 0.0451. The van der Waals surface area contributed by atoms with E-state index in [1.54, 1.807) is 4.52 Å². The molecule has 1 fully saturated rings. The van der Waals surface area contributed by atoms with E-state index in [9.17, 15) is 14.4 Å². The van der Waals surface area contributed by atoms with E-state index in [-0.39, 0.29) is 23.3 Å².